The summed E-state index contributed by atoms with van der Waals surface area (Å²) in [6.07, 6.45) is 4.31. The average Bonchev–Trinajstić information content (AvgIpc) is 3.43. The molecule has 1 aromatic carbocycles. The molecule has 8 heteroatoms. The summed E-state index contributed by atoms with van der Waals surface area (Å²) in [6.45, 7) is 0. The number of hydrazone groups is 1. The van der Waals surface area contributed by atoms with Crippen LogP contribution in [0.1, 0.15) is 17.0 Å². The SMILES string of the molecule is COc1ccc2c(Cc3cccc(C4=NNNN4)n3)c(-c3cccnc3)[nH]c2c1. The highest BCUT2D eigenvalue weighted by molar-refractivity contribution is 5.97. The van der Waals surface area contributed by atoms with Crippen molar-refractivity contribution >= 4 is 16.7 Å². The van der Waals surface area contributed by atoms with Crippen LogP contribution in [-0.4, -0.2) is 27.9 Å². The highest BCUT2D eigenvalue weighted by atomic mass is 16.5. The Morgan fingerprint density at radius 3 is 2.83 bits per heavy atom. The number of aromatic amines is 1. The zero-order valence-electron chi connectivity index (χ0n) is 15.7. The Labute approximate surface area is 167 Å². The van der Waals surface area contributed by atoms with Gasteiger partial charge in [0.2, 0.25) is 0 Å². The molecule has 4 N–H and O–H groups in total. The monoisotopic (exact) mass is 385 g/mol. The molecule has 0 aliphatic carbocycles. The van der Waals surface area contributed by atoms with Crippen LogP contribution >= 0.6 is 0 Å². The van der Waals surface area contributed by atoms with Crippen LogP contribution in [0.15, 0.2) is 66.0 Å². The van der Waals surface area contributed by atoms with E-state index in [0.29, 0.717) is 12.3 Å². The van der Waals surface area contributed by atoms with Crippen LogP contribution < -0.4 is 21.2 Å². The molecule has 0 spiro atoms. The number of amidine groups is 1. The van der Waals surface area contributed by atoms with Crippen molar-refractivity contribution in [2.45, 2.75) is 6.42 Å². The molecule has 144 valence electrons. The van der Waals surface area contributed by atoms with E-state index in [1.165, 1.54) is 0 Å². The van der Waals surface area contributed by atoms with Crippen LogP contribution in [0.2, 0.25) is 0 Å². The topological polar surface area (TPSA) is 99.2 Å². The number of hydrogen-bond donors (Lipinski definition) is 4. The Kier molecular flexibility index (Phi) is 4.30. The fourth-order valence-electron chi connectivity index (χ4n) is 3.51. The van der Waals surface area contributed by atoms with Crippen LogP contribution in [0, 0.1) is 0 Å². The fourth-order valence-corrected chi connectivity index (χ4v) is 3.51. The lowest BCUT2D eigenvalue weighted by atomic mass is 10.0. The number of nitrogens with one attached hydrogen (secondary N) is 4. The van der Waals surface area contributed by atoms with Crippen LogP contribution in [0.3, 0.4) is 0 Å². The first-order valence-corrected chi connectivity index (χ1v) is 9.21. The molecule has 4 aromatic rings. The first-order chi connectivity index (χ1) is 14.3. The van der Waals surface area contributed by atoms with E-state index in [1.807, 2.05) is 42.6 Å². The maximum atomic E-state index is 5.39. The van der Waals surface area contributed by atoms with E-state index in [1.54, 1.807) is 13.3 Å². The first-order valence-electron chi connectivity index (χ1n) is 9.21. The standard InChI is InChI=1S/C21H19N7O/c1-29-15-7-8-16-17(20(24-19(16)11-15)13-4-3-9-22-12-13)10-14-5-2-6-18(23-14)21-25-27-28-26-21/h2-9,11-12,24,27-28H,10H2,1H3,(H,25,26). The maximum absolute atomic E-state index is 5.39. The van der Waals surface area contributed by atoms with Crippen molar-refractivity contribution in [3.05, 3.63) is 77.9 Å². The van der Waals surface area contributed by atoms with Gasteiger partial charge < -0.3 is 9.72 Å². The van der Waals surface area contributed by atoms with Gasteiger partial charge >= 0.3 is 0 Å². The number of benzene rings is 1. The summed E-state index contributed by atoms with van der Waals surface area (Å²) in [5.41, 5.74) is 14.3. The van der Waals surface area contributed by atoms with Gasteiger partial charge in [0, 0.05) is 47.0 Å². The molecule has 0 atom stereocenters. The lowest BCUT2D eigenvalue weighted by Gasteiger charge is -2.07. The molecule has 1 aliphatic rings. The van der Waals surface area contributed by atoms with Crippen molar-refractivity contribution in [2.24, 2.45) is 5.10 Å². The largest absolute Gasteiger partial charge is 0.497 e. The van der Waals surface area contributed by atoms with Crippen molar-refractivity contribution in [1.29, 1.82) is 0 Å². The van der Waals surface area contributed by atoms with E-state index in [4.69, 9.17) is 9.72 Å². The second-order valence-electron chi connectivity index (χ2n) is 6.64. The highest BCUT2D eigenvalue weighted by Crippen LogP contribution is 2.33. The van der Waals surface area contributed by atoms with Crippen LogP contribution in [0.4, 0.5) is 0 Å². The Morgan fingerprint density at radius 2 is 2.03 bits per heavy atom. The Morgan fingerprint density at radius 1 is 1.07 bits per heavy atom. The van der Waals surface area contributed by atoms with Gasteiger partial charge in [0.15, 0.2) is 5.84 Å². The lowest BCUT2D eigenvalue weighted by molar-refractivity contribution is 0.415. The molecule has 0 saturated carbocycles. The van der Waals surface area contributed by atoms with Gasteiger partial charge in [-0.1, -0.05) is 6.07 Å². The number of rotatable bonds is 5. The van der Waals surface area contributed by atoms with Gasteiger partial charge in [-0.05, 0) is 42.0 Å². The van der Waals surface area contributed by atoms with Crippen molar-refractivity contribution in [3.63, 3.8) is 0 Å². The van der Waals surface area contributed by atoms with E-state index in [2.05, 4.69) is 43.7 Å². The van der Waals surface area contributed by atoms with Gasteiger partial charge in [-0.25, -0.2) is 10.5 Å². The Bertz CT molecular complexity index is 1200. The summed E-state index contributed by atoms with van der Waals surface area (Å²) in [7, 11) is 1.67. The number of pyridine rings is 2. The second kappa shape index (κ2) is 7.25. The second-order valence-corrected chi connectivity index (χ2v) is 6.64. The molecule has 1 aliphatic heterocycles. The van der Waals surface area contributed by atoms with E-state index in [9.17, 15) is 0 Å². The third kappa shape index (κ3) is 3.26. The van der Waals surface area contributed by atoms with E-state index in [0.717, 1.165) is 44.9 Å². The molecule has 0 unspecified atom stereocenters. The van der Waals surface area contributed by atoms with Crippen molar-refractivity contribution in [1.82, 2.24) is 31.4 Å². The summed E-state index contributed by atoms with van der Waals surface area (Å²) in [5, 5.41) is 5.27. The maximum Gasteiger partial charge on any atom is 0.189 e. The molecule has 0 fully saturated rings. The smallest absolute Gasteiger partial charge is 0.189 e. The molecule has 8 nitrogen and oxygen atoms in total. The van der Waals surface area contributed by atoms with E-state index >= 15 is 0 Å². The van der Waals surface area contributed by atoms with Gasteiger partial charge in [-0.2, -0.15) is 0 Å². The summed E-state index contributed by atoms with van der Waals surface area (Å²) in [4.78, 5) is 12.6. The number of ether oxygens (including phenoxy) is 1. The normalized spacial score (nSPS) is 13.1. The van der Waals surface area contributed by atoms with Crippen LogP contribution in [0.25, 0.3) is 22.2 Å². The van der Waals surface area contributed by atoms with Gasteiger partial charge in [-0.15, -0.1) is 10.6 Å². The minimum Gasteiger partial charge on any atom is -0.497 e. The molecular weight excluding hydrogens is 366 g/mol. The summed E-state index contributed by atoms with van der Waals surface area (Å²) in [5.74, 6) is 1.47. The summed E-state index contributed by atoms with van der Waals surface area (Å²) >= 11 is 0. The molecule has 0 amide bonds. The molecule has 29 heavy (non-hydrogen) atoms. The van der Waals surface area contributed by atoms with Crippen molar-refractivity contribution < 1.29 is 4.74 Å². The molecular formula is C21H19N7O. The lowest BCUT2D eigenvalue weighted by Crippen LogP contribution is -2.35. The summed E-state index contributed by atoms with van der Waals surface area (Å²) < 4.78 is 5.39. The predicted octanol–water partition coefficient (Wildman–Crippen LogP) is 2.50. The van der Waals surface area contributed by atoms with Crippen LogP contribution in [0.5, 0.6) is 5.75 Å². The minimum atomic E-state index is 0.656. The molecule has 3 aromatic heterocycles. The number of aromatic nitrogens is 3. The predicted molar refractivity (Wildman–Crippen MR) is 111 cm³/mol. The van der Waals surface area contributed by atoms with Crippen molar-refractivity contribution in [3.8, 4) is 17.0 Å². The first kappa shape index (κ1) is 17.2. The highest BCUT2D eigenvalue weighted by Gasteiger charge is 2.16. The summed E-state index contributed by atoms with van der Waals surface area (Å²) in [6, 6.07) is 16.0. The van der Waals surface area contributed by atoms with Gasteiger partial charge in [0.05, 0.1) is 12.8 Å². The molecule has 4 heterocycles. The quantitative estimate of drug-likeness (QED) is 0.421. The third-order valence-electron chi connectivity index (χ3n) is 4.88. The zero-order chi connectivity index (χ0) is 19.6. The van der Waals surface area contributed by atoms with Gasteiger partial charge in [0.25, 0.3) is 0 Å². The van der Waals surface area contributed by atoms with Crippen LogP contribution in [-0.2, 0) is 6.42 Å². The minimum absolute atomic E-state index is 0.656. The number of H-pyrrole nitrogens is 1. The number of hydrogen-bond acceptors (Lipinski definition) is 7. The number of methoxy groups -OCH3 is 1. The Balaban J connectivity index is 1.61. The Hall–Kier alpha value is -3.91. The van der Waals surface area contributed by atoms with E-state index in [-0.39, 0.29) is 0 Å². The number of nitrogens with zero attached hydrogens (tertiary/aromatic N) is 3. The average molecular weight is 385 g/mol. The molecule has 0 bridgehead atoms. The molecule has 0 saturated heterocycles. The zero-order valence-corrected chi connectivity index (χ0v) is 15.7. The third-order valence-corrected chi connectivity index (χ3v) is 4.88. The van der Waals surface area contributed by atoms with E-state index < -0.39 is 0 Å². The molecule has 5 rings (SSSR count). The van der Waals surface area contributed by atoms with Gasteiger partial charge in [-0.3, -0.25) is 10.4 Å². The fraction of sp³-hybridized carbons (Fsp3) is 0.0952. The van der Waals surface area contributed by atoms with Gasteiger partial charge in [0.1, 0.15) is 11.4 Å². The van der Waals surface area contributed by atoms with Crippen molar-refractivity contribution in [2.75, 3.05) is 7.11 Å². The number of fused-ring (bicyclic) bond motifs is 1. The number of hydrazine groups is 2. The molecule has 0 radical (unpaired) electrons.